The van der Waals surface area contributed by atoms with Crippen molar-refractivity contribution in [2.24, 2.45) is 0 Å². The zero-order valence-corrected chi connectivity index (χ0v) is 18.5. The Hall–Kier alpha value is -2.37. The number of nitrogens with zero attached hydrogens (tertiary/aromatic N) is 2. The number of nitrogen functional groups attached to an aromatic ring is 1. The average Bonchev–Trinajstić information content (AvgIpc) is 3.48. The van der Waals surface area contributed by atoms with E-state index in [0.717, 1.165) is 22.7 Å². The van der Waals surface area contributed by atoms with Crippen LogP contribution in [0.3, 0.4) is 0 Å². The number of hydrogen-bond acceptors (Lipinski definition) is 5. The van der Waals surface area contributed by atoms with Gasteiger partial charge in [0.1, 0.15) is 10.8 Å². The van der Waals surface area contributed by atoms with Crippen molar-refractivity contribution >= 4 is 17.0 Å². The van der Waals surface area contributed by atoms with E-state index in [1.54, 1.807) is 11.3 Å². The molecule has 1 aromatic heterocycles. The molecule has 2 heterocycles. The van der Waals surface area contributed by atoms with Crippen molar-refractivity contribution in [3.05, 3.63) is 53.7 Å². The third-order valence-corrected chi connectivity index (χ3v) is 7.29. The van der Waals surface area contributed by atoms with Gasteiger partial charge in [0.05, 0.1) is 16.7 Å². The molecule has 5 heteroatoms. The number of likely N-dealkylation sites (tertiary alicyclic amines) is 1. The zero-order chi connectivity index (χ0) is 20.7. The maximum atomic E-state index is 6.22. The standard InChI is InChI=1S/C25H29N3OS/c1-16(2)29-23-11-8-17(14-21(23)26)25-27-15-24(30-25)20-7-5-6-19-18(20)9-10-22(19)28-12-3-4-13-28/h5-8,11,14-16,22H,3-4,9-10,12-13,26H2,1-2H3. The molecule has 1 aliphatic heterocycles. The highest BCUT2D eigenvalue weighted by Crippen LogP contribution is 2.44. The van der Waals surface area contributed by atoms with E-state index in [-0.39, 0.29) is 6.10 Å². The van der Waals surface area contributed by atoms with Crippen LogP contribution >= 0.6 is 11.3 Å². The second kappa shape index (κ2) is 8.05. The number of benzene rings is 2. The Morgan fingerprint density at radius 1 is 1.17 bits per heavy atom. The number of hydrogen-bond donors (Lipinski definition) is 1. The van der Waals surface area contributed by atoms with Gasteiger partial charge in [0.15, 0.2) is 0 Å². The van der Waals surface area contributed by atoms with E-state index in [4.69, 9.17) is 15.5 Å². The molecule has 156 valence electrons. The molecule has 0 saturated carbocycles. The lowest BCUT2D eigenvalue weighted by molar-refractivity contribution is 0.244. The molecule has 2 N–H and O–H groups in total. The molecule has 0 spiro atoms. The van der Waals surface area contributed by atoms with Crippen LogP contribution in [0.2, 0.25) is 0 Å². The summed E-state index contributed by atoms with van der Waals surface area (Å²) in [7, 11) is 0. The first kappa shape index (κ1) is 19.6. The number of anilines is 1. The van der Waals surface area contributed by atoms with Crippen molar-refractivity contribution in [1.82, 2.24) is 9.88 Å². The van der Waals surface area contributed by atoms with Crippen LogP contribution in [-0.4, -0.2) is 29.1 Å². The summed E-state index contributed by atoms with van der Waals surface area (Å²) in [6.07, 6.45) is 7.21. The molecular formula is C25H29N3OS. The molecule has 1 fully saturated rings. The Morgan fingerprint density at radius 2 is 2.00 bits per heavy atom. The van der Waals surface area contributed by atoms with Gasteiger partial charge in [-0.15, -0.1) is 11.3 Å². The Labute approximate surface area is 182 Å². The van der Waals surface area contributed by atoms with Gasteiger partial charge >= 0.3 is 0 Å². The summed E-state index contributed by atoms with van der Waals surface area (Å²) in [6, 6.07) is 13.4. The summed E-state index contributed by atoms with van der Waals surface area (Å²) in [5, 5.41) is 1.000. The molecule has 2 aromatic carbocycles. The minimum absolute atomic E-state index is 0.106. The molecule has 1 aliphatic carbocycles. The minimum atomic E-state index is 0.106. The lowest BCUT2D eigenvalue weighted by Crippen LogP contribution is -2.23. The lowest BCUT2D eigenvalue weighted by Gasteiger charge is -2.24. The number of fused-ring (bicyclic) bond motifs is 1. The van der Waals surface area contributed by atoms with Gasteiger partial charge in [-0.3, -0.25) is 4.90 Å². The van der Waals surface area contributed by atoms with Gasteiger partial charge in [0, 0.05) is 17.8 Å². The maximum Gasteiger partial charge on any atom is 0.142 e. The predicted molar refractivity (Wildman–Crippen MR) is 125 cm³/mol. The van der Waals surface area contributed by atoms with Crippen LogP contribution < -0.4 is 10.5 Å². The topological polar surface area (TPSA) is 51.4 Å². The van der Waals surface area contributed by atoms with Crippen molar-refractivity contribution in [3.63, 3.8) is 0 Å². The van der Waals surface area contributed by atoms with E-state index >= 15 is 0 Å². The molecule has 5 rings (SSSR count). The molecule has 1 saturated heterocycles. The first-order chi connectivity index (χ1) is 14.6. The Bertz CT molecular complexity index is 1050. The molecule has 0 bridgehead atoms. The molecule has 3 aromatic rings. The Morgan fingerprint density at radius 3 is 2.77 bits per heavy atom. The molecule has 0 radical (unpaired) electrons. The van der Waals surface area contributed by atoms with Crippen LogP contribution in [0.4, 0.5) is 5.69 Å². The second-order valence-electron chi connectivity index (χ2n) is 8.62. The van der Waals surface area contributed by atoms with Crippen LogP contribution in [0.15, 0.2) is 42.6 Å². The van der Waals surface area contributed by atoms with E-state index in [1.165, 1.54) is 53.9 Å². The van der Waals surface area contributed by atoms with Crippen molar-refractivity contribution < 1.29 is 4.74 Å². The van der Waals surface area contributed by atoms with Crippen molar-refractivity contribution in [2.45, 2.75) is 51.7 Å². The van der Waals surface area contributed by atoms with Gasteiger partial charge in [0.2, 0.25) is 0 Å². The first-order valence-electron chi connectivity index (χ1n) is 11.0. The summed E-state index contributed by atoms with van der Waals surface area (Å²) < 4.78 is 5.77. The highest BCUT2D eigenvalue weighted by molar-refractivity contribution is 7.18. The fraction of sp³-hybridized carbons (Fsp3) is 0.400. The summed E-state index contributed by atoms with van der Waals surface area (Å²) in [4.78, 5) is 8.65. The molecule has 4 nitrogen and oxygen atoms in total. The van der Waals surface area contributed by atoms with Gasteiger partial charge in [-0.1, -0.05) is 18.2 Å². The SMILES string of the molecule is CC(C)Oc1ccc(-c2ncc(-c3cccc4c3CCC4N3CCCC3)s2)cc1N. The molecule has 1 unspecified atom stereocenters. The van der Waals surface area contributed by atoms with Crippen LogP contribution in [0.25, 0.3) is 21.0 Å². The average molecular weight is 420 g/mol. The summed E-state index contributed by atoms with van der Waals surface area (Å²) in [5.41, 5.74) is 12.3. The van der Waals surface area contributed by atoms with Gasteiger partial charge < -0.3 is 10.5 Å². The number of thiazole rings is 1. The number of aromatic nitrogens is 1. The van der Waals surface area contributed by atoms with Gasteiger partial charge in [-0.2, -0.15) is 0 Å². The highest BCUT2D eigenvalue weighted by Gasteiger charge is 2.31. The van der Waals surface area contributed by atoms with Crippen molar-refractivity contribution in [3.8, 4) is 26.8 Å². The van der Waals surface area contributed by atoms with Crippen LogP contribution in [0, 0.1) is 0 Å². The number of nitrogens with two attached hydrogens (primary N) is 1. The van der Waals surface area contributed by atoms with Gasteiger partial charge in [-0.05, 0) is 87.5 Å². The van der Waals surface area contributed by atoms with Crippen molar-refractivity contribution in [1.29, 1.82) is 0 Å². The normalized spacial score (nSPS) is 18.8. The van der Waals surface area contributed by atoms with Crippen molar-refractivity contribution in [2.75, 3.05) is 18.8 Å². The fourth-order valence-electron chi connectivity index (χ4n) is 4.87. The smallest absolute Gasteiger partial charge is 0.142 e. The lowest BCUT2D eigenvalue weighted by atomic mass is 10.0. The second-order valence-corrected chi connectivity index (χ2v) is 9.65. The largest absolute Gasteiger partial charge is 0.489 e. The fourth-order valence-corrected chi connectivity index (χ4v) is 5.84. The van der Waals surface area contributed by atoms with E-state index in [0.29, 0.717) is 11.7 Å². The van der Waals surface area contributed by atoms with Crippen LogP contribution in [0.5, 0.6) is 5.75 Å². The van der Waals surface area contributed by atoms with Crippen LogP contribution in [-0.2, 0) is 6.42 Å². The third-order valence-electron chi connectivity index (χ3n) is 6.21. The summed E-state index contributed by atoms with van der Waals surface area (Å²) >= 11 is 1.75. The highest BCUT2D eigenvalue weighted by atomic mass is 32.1. The molecule has 1 atom stereocenters. The first-order valence-corrected chi connectivity index (χ1v) is 11.8. The molecule has 2 aliphatic rings. The van der Waals surface area contributed by atoms with E-state index in [1.807, 2.05) is 32.2 Å². The van der Waals surface area contributed by atoms with Gasteiger partial charge in [0.25, 0.3) is 0 Å². The maximum absolute atomic E-state index is 6.22. The predicted octanol–water partition coefficient (Wildman–Crippen LogP) is 5.93. The molecule has 30 heavy (non-hydrogen) atoms. The molecular weight excluding hydrogens is 390 g/mol. The van der Waals surface area contributed by atoms with E-state index < -0.39 is 0 Å². The van der Waals surface area contributed by atoms with Gasteiger partial charge in [-0.25, -0.2) is 4.98 Å². The summed E-state index contributed by atoms with van der Waals surface area (Å²) in [5.74, 6) is 0.736. The Balaban J connectivity index is 1.43. The number of rotatable bonds is 5. The van der Waals surface area contributed by atoms with E-state index in [9.17, 15) is 0 Å². The summed E-state index contributed by atoms with van der Waals surface area (Å²) in [6.45, 7) is 6.51. The monoisotopic (exact) mass is 419 g/mol. The van der Waals surface area contributed by atoms with E-state index in [2.05, 4.69) is 29.2 Å². The molecule has 0 amide bonds. The quantitative estimate of drug-likeness (QED) is 0.521. The number of ether oxygens (including phenoxy) is 1. The van der Waals surface area contributed by atoms with Crippen LogP contribution in [0.1, 0.15) is 50.3 Å². The third kappa shape index (κ3) is 3.61. The minimum Gasteiger partial charge on any atom is -0.489 e. The Kier molecular flexibility index (Phi) is 5.25. The zero-order valence-electron chi connectivity index (χ0n) is 17.7.